The minimum atomic E-state index is 0.405. The van der Waals surface area contributed by atoms with Gasteiger partial charge >= 0.3 is 0 Å². The first kappa shape index (κ1) is 5.21. The number of rotatable bonds is 1. The third-order valence-corrected chi connectivity index (χ3v) is 2.60. The fourth-order valence-electron chi connectivity index (χ4n) is 2.02. The summed E-state index contributed by atoms with van der Waals surface area (Å²) in [4.78, 5) is 10.9. The molecule has 0 bridgehead atoms. The zero-order valence-electron chi connectivity index (χ0n) is 5.34. The van der Waals surface area contributed by atoms with E-state index in [2.05, 4.69) is 6.58 Å². The Morgan fingerprint density at radius 2 is 2.44 bits per heavy atom. The molecule has 1 heteroatoms. The number of Topliss-reactive ketones (excluding diaryl/α,β-unsaturated/α-hetero) is 1. The van der Waals surface area contributed by atoms with Crippen LogP contribution >= 0.6 is 0 Å². The van der Waals surface area contributed by atoms with E-state index in [1.807, 2.05) is 6.08 Å². The van der Waals surface area contributed by atoms with Crippen LogP contribution in [-0.4, -0.2) is 5.78 Å². The molecule has 2 aliphatic rings. The quantitative estimate of drug-likeness (QED) is 0.480. The maximum absolute atomic E-state index is 10.9. The van der Waals surface area contributed by atoms with Crippen LogP contribution in [0.4, 0.5) is 0 Å². The monoisotopic (exact) mass is 122 g/mol. The summed E-state index contributed by atoms with van der Waals surface area (Å²) in [7, 11) is 0. The lowest BCUT2D eigenvalue weighted by Crippen LogP contribution is -1.96. The van der Waals surface area contributed by atoms with Gasteiger partial charge in [0.05, 0.1) is 0 Å². The van der Waals surface area contributed by atoms with Crippen molar-refractivity contribution in [1.29, 1.82) is 0 Å². The Kier molecular flexibility index (Phi) is 0.850. The number of carbonyl (C=O) groups is 1. The Labute approximate surface area is 54.8 Å². The van der Waals surface area contributed by atoms with Gasteiger partial charge < -0.3 is 0 Å². The molecule has 0 radical (unpaired) electrons. The van der Waals surface area contributed by atoms with Gasteiger partial charge in [-0.05, 0) is 18.3 Å². The number of carbonyl (C=O) groups excluding carboxylic acids is 1. The van der Waals surface area contributed by atoms with Crippen molar-refractivity contribution in [2.75, 3.05) is 0 Å². The van der Waals surface area contributed by atoms with Crippen molar-refractivity contribution in [2.24, 2.45) is 17.8 Å². The highest BCUT2D eigenvalue weighted by atomic mass is 16.1. The smallest absolute Gasteiger partial charge is 0.136 e. The summed E-state index contributed by atoms with van der Waals surface area (Å²) in [5.41, 5.74) is 0. The van der Waals surface area contributed by atoms with Crippen molar-refractivity contribution in [3.63, 3.8) is 0 Å². The first-order valence-corrected chi connectivity index (χ1v) is 3.50. The molecule has 0 aromatic heterocycles. The predicted molar refractivity (Wildman–Crippen MR) is 34.9 cm³/mol. The maximum atomic E-state index is 10.9. The van der Waals surface area contributed by atoms with Crippen molar-refractivity contribution in [2.45, 2.75) is 12.8 Å². The summed E-state index contributed by atoms with van der Waals surface area (Å²) in [5.74, 6) is 2.15. The van der Waals surface area contributed by atoms with Crippen molar-refractivity contribution >= 4 is 5.78 Å². The molecule has 2 rings (SSSR count). The second-order valence-electron chi connectivity index (χ2n) is 3.01. The van der Waals surface area contributed by atoms with Gasteiger partial charge in [0.2, 0.25) is 0 Å². The molecule has 0 aliphatic heterocycles. The van der Waals surface area contributed by atoms with Crippen LogP contribution in [0.25, 0.3) is 0 Å². The molecule has 3 atom stereocenters. The Balaban J connectivity index is 2.14. The molecule has 0 N–H and O–H groups in total. The highest BCUT2D eigenvalue weighted by Crippen LogP contribution is 2.55. The van der Waals surface area contributed by atoms with Crippen LogP contribution in [0.15, 0.2) is 12.7 Å². The molecule has 0 saturated heterocycles. The molecule has 2 saturated carbocycles. The average molecular weight is 122 g/mol. The average Bonchev–Trinajstić information content (AvgIpc) is 2.46. The Bertz CT molecular complexity index is 171. The largest absolute Gasteiger partial charge is 0.299 e. The van der Waals surface area contributed by atoms with Crippen molar-refractivity contribution in [1.82, 2.24) is 0 Å². The van der Waals surface area contributed by atoms with Gasteiger partial charge in [-0.15, -0.1) is 6.58 Å². The Hall–Kier alpha value is -0.590. The number of ketones is 1. The predicted octanol–water partition coefficient (Wildman–Crippen LogP) is 1.40. The second kappa shape index (κ2) is 1.47. The van der Waals surface area contributed by atoms with Crippen molar-refractivity contribution in [3.8, 4) is 0 Å². The zero-order valence-corrected chi connectivity index (χ0v) is 5.34. The molecule has 2 aliphatic carbocycles. The lowest BCUT2D eigenvalue weighted by atomic mass is 10.1. The van der Waals surface area contributed by atoms with E-state index in [-0.39, 0.29) is 0 Å². The maximum Gasteiger partial charge on any atom is 0.136 e. The molecule has 2 fully saturated rings. The van der Waals surface area contributed by atoms with Crippen LogP contribution in [0.3, 0.4) is 0 Å². The fraction of sp³-hybridized carbons (Fsp3) is 0.625. The lowest BCUT2D eigenvalue weighted by molar-refractivity contribution is -0.119. The molecule has 0 aromatic rings. The van der Waals surface area contributed by atoms with Gasteiger partial charge in [-0.3, -0.25) is 4.79 Å². The van der Waals surface area contributed by atoms with Crippen LogP contribution in [-0.2, 0) is 4.79 Å². The van der Waals surface area contributed by atoms with Gasteiger partial charge in [-0.2, -0.15) is 0 Å². The number of fused-ring (bicyclic) bond motifs is 1. The first-order valence-electron chi connectivity index (χ1n) is 3.50. The molecule has 0 aromatic carbocycles. The van der Waals surface area contributed by atoms with Gasteiger partial charge in [-0.25, -0.2) is 0 Å². The van der Waals surface area contributed by atoms with E-state index < -0.39 is 0 Å². The van der Waals surface area contributed by atoms with E-state index in [0.29, 0.717) is 23.5 Å². The number of hydrogen-bond acceptors (Lipinski definition) is 1. The molecule has 1 nitrogen and oxygen atoms in total. The Morgan fingerprint density at radius 3 is 2.78 bits per heavy atom. The summed E-state index contributed by atoms with van der Waals surface area (Å²) in [6.45, 7) is 3.69. The normalized spacial score (nSPS) is 46.7. The Morgan fingerprint density at radius 1 is 1.67 bits per heavy atom. The summed E-state index contributed by atoms with van der Waals surface area (Å²) in [6.07, 6.45) is 3.90. The zero-order chi connectivity index (χ0) is 6.43. The van der Waals surface area contributed by atoms with Crippen LogP contribution in [0.5, 0.6) is 0 Å². The summed E-state index contributed by atoms with van der Waals surface area (Å²) >= 11 is 0. The van der Waals surface area contributed by atoms with E-state index in [9.17, 15) is 4.79 Å². The van der Waals surface area contributed by atoms with Gasteiger partial charge in [0, 0.05) is 12.3 Å². The van der Waals surface area contributed by atoms with E-state index in [1.165, 1.54) is 0 Å². The van der Waals surface area contributed by atoms with Crippen molar-refractivity contribution < 1.29 is 4.79 Å². The third kappa shape index (κ3) is 0.521. The summed E-state index contributed by atoms with van der Waals surface area (Å²) < 4.78 is 0. The highest BCUT2D eigenvalue weighted by molar-refractivity contribution is 5.87. The van der Waals surface area contributed by atoms with E-state index in [1.54, 1.807) is 0 Å². The van der Waals surface area contributed by atoms with E-state index in [4.69, 9.17) is 0 Å². The summed E-state index contributed by atoms with van der Waals surface area (Å²) in [5, 5.41) is 0. The van der Waals surface area contributed by atoms with Gasteiger partial charge in [-0.1, -0.05) is 6.08 Å². The minimum Gasteiger partial charge on any atom is -0.299 e. The molecular formula is C8H10O. The minimum absolute atomic E-state index is 0.405. The van der Waals surface area contributed by atoms with Crippen molar-refractivity contribution in [3.05, 3.63) is 12.7 Å². The lowest BCUT2D eigenvalue weighted by Gasteiger charge is -1.91. The first-order chi connectivity index (χ1) is 4.34. The second-order valence-corrected chi connectivity index (χ2v) is 3.01. The van der Waals surface area contributed by atoms with Crippen LogP contribution in [0.1, 0.15) is 12.8 Å². The highest BCUT2D eigenvalue weighted by Gasteiger charge is 2.55. The molecule has 0 heterocycles. The van der Waals surface area contributed by atoms with Crippen LogP contribution in [0.2, 0.25) is 0 Å². The van der Waals surface area contributed by atoms with E-state index in [0.717, 1.165) is 12.8 Å². The fourth-order valence-corrected chi connectivity index (χ4v) is 2.02. The number of allylic oxidation sites excluding steroid dienone is 1. The topological polar surface area (TPSA) is 17.1 Å². The molecular weight excluding hydrogens is 112 g/mol. The molecule has 48 valence electrons. The van der Waals surface area contributed by atoms with Gasteiger partial charge in [0.15, 0.2) is 0 Å². The standard InChI is InChI=1S/C8H10O/c1-2-5-6-3-4-7(9)8(5)6/h2,5-6,8H,1,3-4H2/t5?,6-,8+/m0/s1. The summed E-state index contributed by atoms with van der Waals surface area (Å²) in [6, 6.07) is 0. The molecule has 1 unspecified atom stereocenters. The molecule has 9 heavy (non-hydrogen) atoms. The van der Waals surface area contributed by atoms with Crippen LogP contribution < -0.4 is 0 Å². The SMILES string of the molecule is C=CC1[C@H]2C(=O)CC[C@@H]12. The molecule has 0 spiro atoms. The van der Waals surface area contributed by atoms with E-state index >= 15 is 0 Å². The molecule has 0 amide bonds. The van der Waals surface area contributed by atoms with Gasteiger partial charge in [0.1, 0.15) is 5.78 Å². The third-order valence-electron chi connectivity index (χ3n) is 2.60. The van der Waals surface area contributed by atoms with Gasteiger partial charge in [0.25, 0.3) is 0 Å². The number of hydrogen-bond donors (Lipinski definition) is 0. The van der Waals surface area contributed by atoms with Crippen LogP contribution in [0, 0.1) is 17.8 Å².